The predicted octanol–water partition coefficient (Wildman–Crippen LogP) is 1.46. The molecule has 0 aliphatic carbocycles. The van der Waals surface area contributed by atoms with Crippen molar-refractivity contribution in [3.05, 3.63) is 30.0 Å². The molecule has 1 aromatic heterocycles. The minimum absolute atomic E-state index is 0.175. The van der Waals surface area contributed by atoms with E-state index >= 15 is 0 Å². The van der Waals surface area contributed by atoms with Gasteiger partial charge in [0.1, 0.15) is 0 Å². The Morgan fingerprint density at radius 1 is 1.43 bits per heavy atom. The highest BCUT2D eigenvalue weighted by molar-refractivity contribution is 5.81. The summed E-state index contributed by atoms with van der Waals surface area (Å²) < 4.78 is 1.92. The van der Waals surface area contributed by atoms with Gasteiger partial charge in [-0.1, -0.05) is 18.2 Å². The van der Waals surface area contributed by atoms with E-state index in [9.17, 15) is 0 Å². The fourth-order valence-electron chi connectivity index (χ4n) is 1.75. The summed E-state index contributed by atoms with van der Waals surface area (Å²) in [5.41, 5.74) is 8.07. The molecule has 0 aliphatic heterocycles. The highest BCUT2D eigenvalue weighted by Gasteiger charge is 2.09. The number of hydrogen-bond acceptors (Lipinski definition) is 2. The van der Waals surface area contributed by atoms with Gasteiger partial charge in [-0.25, -0.2) is 0 Å². The Balaban J connectivity index is 2.56. The van der Waals surface area contributed by atoms with Crippen LogP contribution in [0.1, 0.15) is 12.6 Å². The van der Waals surface area contributed by atoms with Crippen LogP contribution in [0.25, 0.3) is 10.9 Å². The number of rotatable bonds is 2. The molecule has 0 bridgehead atoms. The van der Waals surface area contributed by atoms with Crippen LogP contribution in [0.5, 0.6) is 0 Å². The zero-order chi connectivity index (χ0) is 10.1. The van der Waals surface area contributed by atoms with Gasteiger partial charge >= 0.3 is 0 Å². The fraction of sp³-hybridized carbons (Fsp3) is 0.364. The van der Waals surface area contributed by atoms with E-state index in [1.165, 1.54) is 11.1 Å². The molecule has 74 valence electrons. The zero-order valence-corrected chi connectivity index (χ0v) is 8.57. The third kappa shape index (κ3) is 1.51. The van der Waals surface area contributed by atoms with Gasteiger partial charge in [-0.15, -0.1) is 0 Å². The molecule has 0 fully saturated rings. The topological polar surface area (TPSA) is 43.8 Å². The molecule has 0 radical (unpaired) electrons. The van der Waals surface area contributed by atoms with E-state index in [1.807, 2.05) is 36.9 Å². The quantitative estimate of drug-likeness (QED) is 0.777. The summed E-state index contributed by atoms with van der Waals surface area (Å²) >= 11 is 0. The molecule has 3 heteroatoms. The first-order valence-electron chi connectivity index (χ1n) is 4.84. The third-order valence-corrected chi connectivity index (χ3v) is 2.38. The molecule has 1 heterocycles. The van der Waals surface area contributed by atoms with Gasteiger partial charge in [-0.2, -0.15) is 5.10 Å². The van der Waals surface area contributed by atoms with Crippen LogP contribution < -0.4 is 5.73 Å². The second kappa shape index (κ2) is 3.42. The van der Waals surface area contributed by atoms with Gasteiger partial charge in [-0.3, -0.25) is 4.68 Å². The second-order valence-corrected chi connectivity index (χ2v) is 3.77. The minimum atomic E-state index is 0.175. The first kappa shape index (κ1) is 9.21. The Morgan fingerprint density at radius 3 is 2.86 bits per heavy atom. The van der Waals surface area contributed by atoms with Crippen molar-refractivity contribution in [3.8, 4) is 0 Å². The lowest BCUT2D eigenvalue weighted by Crippen LogP contribution is -2.19. The van der Waals surface area contributed by atoms with Crippen LogP contribution >= 0.6 is 0 Å². The van der Waals surface area contributed by atoms with E-state index in [0.29, 0.717) is 0 Å². The molecule has 0 amide bonds. The first-order valence-corrected chi connectivity index (χ1v) is 4.84. The van der Waals surface area contributed by atoms with Crippen molar-refractivity contribution in [2.45, 2.75) is 19.4 Å². The molecule has 0 spiro atoms. The maximum absolute atomic E-state index is 5.80. The SMILES string of the molecule is C[C@@H](N)Cc1c2ccccc2nn1C. The number of nitrogens with two attached hydrogens (primary N) is 1. The maximum Gasteiger partial charge on any atom is 0.0926 e. The molecule has 2 N–H and O–H groups in total. The number of aryl methyl sites for hydroxylation is 1. The predicted molar refractivity (Wildman–Crippen MR) is 58.1 cm³/mol. The van der Waals surface area contributed by atoms with Gasteiger partial charge in [0.05, 0.1) is 5.52 Å². The lowest BCUT2D eigenvalue weighted by atomic mass is 10.1. The van der Waals surface area contributed by atoms with E-state index in [1.54, 1.807) is 0 Å². The summed E-state index contributed by atoms with van der Waals surface area (Å²) in [4.78, 5) is 0. The van der Waals surface area contributed by atoms with Crippen molar-refractivity contribution >= 4 is 10.9 Å². The molecule has 0 saturated heterocycles. The highest BCUT2D eigenvalue weighted by atomic mass is 15.3. The third-order valence-electron chi connectivity index (χ3n) is 2.38. The average Bonchev–Trinajstić information content (AvgIpc) is 2.43. The van der Waals surface area contributed by atoms with E-state index in [4.69, 9.17) is 5.73 Å². The van der Waals surface area contributed by atoms with Crippen molar-refractivity contribution < 1.29 is 0 Å². The molecule has 2 aromatic rings. The highest BCUT2D eigenvalue weighted by Crippen LogP contribution is 2.18. The summed E-state index contributed by atoms with van der Waals surface area (Å²) in [5, 5.41) is 5.64. The molecule has 0 unspecified atom stereocenters. The summed E-state index contributed by atoms with van der Waals surface area (Å²) in [7, 11) is 1.97. The molecule has 3 nitrogen and oxygen atoms in total. The largest absolute Gasteiger partial charge is 0.328 e. The molecule has 1 aromatic carbocycles. The lowest BCUT2D eigenvalue weighted by molar-refractivity contribution is 0.656. The number of fused-ring (bicyclic) bond motifs is 1. The van der Waals surface area contributed by atoms with E-state index < -0.39 is 0 Å². The molecular formula is C11H15N3. The first-order chi connectivity index (χ1) is 6.68. The van der Waals surface area contributed by atoms with Crippen LogP contribution in [0.15, 0.2) is 24.3 Å². The van der Waals surface area contributed by atoms with Crippen molar-refractivity contribution in [2.24, 2.45) is 12.8 Å². The number of hydrogen-bond donors (Lipinski definition) is 1. The standard InChI is InChI=1S/C11H15N3/c1-8(12)7-11-9-5-3-4-6-10(9)13-14(11)2/h3-6,8H,7,12H2,1-2H3/t8-/m1/s1. The Hall–Kier alpha value is -1.35. The number of benzene rings is 1. The molecule has 0 saturated carbocycles. The fourth-order valence-corrected chi connectivity index (χ4v) is 1.75. The van der Waals surface area contributed by atoms with Crippen LogP contribution in [0.2, 0.25) is 0 Å². The van der Waals surface area contributed by atoms with Crippen molar-refractivity contribution in [3.63, 3.8) is 0 Å². The van der Waals surface area contributed by atoms with Crippen molar-refractivity contribution in [1.29, 1.82) is 0 Å². The Bertz CT molecular complexity index is 443. The lowest BCUT2D eigenvalue weighted by Gasteiger charge is -2.05. The molecular weight excluding hydrogens is 174 g/mol. The van der Waals surface area contributed by atoms with Gasteiger partial charge in [0.25, 0.3) is 0 Å². The summed E-state index contributed by atoms with van der Waals surface area (Å²) in [6, 6.07) is 8.34. The normalized spacial score (nSPS) is 13.4. The van der Waals surface area contributed by atoms with Gasteiger partial charge in [-0.05, 0) is 13.0 Å². The smallest absolute Gasteiger partial charge is 0.0926 e. The van der Waals surface area contributed by atoms with E-state index in [2.05, 4.69) is 11.2 Å². The summed E-state index contributed by atoms with van der Waals surface area (Å²) in [5.74, 6) is 0. The van der Waals surface area contributed by atoms with E-state index in [0.717, 1.165) is 11.9 Å². The zero-order valence-electron chi connectivity index (χ0n) is 8.57. The van der Waals surface area contributed by atoms with Gasteiger partial charge in [0.15, 0.2) is 0 Å². The van der Waals surface area contributed by atoms with E-state index in [-0.39, 0.29) is 6.04 Å². The van der Waals surface area contributed by atoms with Crippen molar-refractivity contribution in [1.82, 2.24) is 9.78 Å². The second-order valence-electron chi connectivity index (χ2n) is 3.77. The van der Waals surface area contributed by atoms with Gasteiger partial charge in [0, 0.05) is 30.6 Å². The molecule has 14 heavy (non-hydrogen) atoms. The van der Waals surface area contributed by atoms with Crippen LogP contribution in [0.3, 0.4) is 0 Å². The van der Waals surface area contributed by atoms with Crippen molar-refractivity contribution in [2.75, 3.05) is 0 Å². The van der Waals surface area contributed by atoms with Gasteiger partial charge < -0.3 is 5.73 Å². The van der Waals surface area contributed by atoms with Crippen LogP contribution in [0.4, 0.5) is 0 Å². The van der Waals surface area contributed by atoms with Crippen LogP contribution in [-0.4, -0.2) is 15.8 Å². The minimum Gasteiger partial charge on any atom is -0.328 e. The average molecular weight is 189 g/mol. The Kier molecular flexibility index (Phi) is 2.25. The number of nitrogens with zero attached hydrogens (tertiary/aromatic N) is 2. The number of aromatic nitrogens is 2. The Labute approximate surface area is 83.5 Å². The molecule has 0 aliphatic rings. The monoisotopic (exact) mass is 189 g/mol. The van der Waals surface area contributed by atoms with Crippen LogP contribution in [-0.2, 0) is 13.5 Å². The summed E-state index contributed by atoms with van der Waals surface area (Å²) in [6.07, 6.45) is 0.872. The molecule has 2 rings (SSSR count). The van der Waals surface area contributed by atoms with Crippen LogP contribution in [0, 0.1) is 0 Å². The summed E-state index contributed by atoms with van der Waals surface area (Å²) in [6.45, 7) is 2.02. The van der Waals surface area contributed by atoms with Gasteiger partial charge in [0.2, 0.25) is 0 Å². The Morgan fingerprint density at radius 2 is 2.14 bits per heavy atom. The maximum atomic E-state index is 5.80. The molecule has 1 atom stereocenters.